The first kappa shape index (κ1) is 11.8. The predicted octanol–water partition coefficient (Wildman–Crippen LogP) is 0.972. The van der Waals surface area contributed by atoms with Crippen molar-refractivity contribution in [3.63, 3.8) is 0 Å². The Labute approximate surface area is 89.9 Å². The largest absolute Gasteiger partial charge is 0.464 e. The van der Waals surface area contributed by atoms with Crippen LogP contribution in [0.25, 0.3) is 0 Å². The Morgan fingerprint density at radius 3 is 2.67 bits per heavy atom. The molecule has 0 spiro atoms. The zero-order valence-corrected chi connectivity index (χ0v) is 9.45. The van der Waals surface area contributed by atoms with Crippen molar-refractivity contribution in [2.45, 2.75) is 26.8 Å². The van der Waals surface area contributed by atoms with Gasteiger partial charge in [-0.15, -0.1) is 0 Å². The Bertz CT molecular complexity index is 296. The molecule has 84 valence electrons. The Morgan fingerprint density at radius 2 is 2.20 bits per heavy atom. The lowest BCUT2D eigenvalue weighted by Crippen LogP contribution is -2.59. The molecule has 15 heavy (non-hydrogen) atoms. The lowest BCUT2D eigenvalue weighted by Gasteiger charge is -2.41. The molecule has 1 saturated heterocycles. The Kier molecular flexibility index (Phi) is 3.50. The maximum absolute atomic E-state index is 11.5. The third-order valence-electron chi connectivity index (χ3n) is 2.25. The number of hydrogen-bond donors (Lipinski definition) is 0. The van der Waals surface area contributed by atoms with Gasteiger partial charge in [0.2, 0.25) is 0 Å². The highest BCUT2D eigenvalue weighted by Gasteiger charge is 2.46. The fourth-order valence-corrected chi connectivity index (χ4v) is 1.61. The van der Waals surface area contributed by atoms with Gasteiger partial charge in [0.1, 0.15) is 0 Å². The molecule has 0 aliphatic carbocycles. The van der Waals surface area contributed by atoms with Gasteiger partial charge in [-0.3, -0.25) is 4.79 Å². The molecule has 1 rings (SSSR count). The summed E-state index contributed by atoms with van der Waals surface area (Å²) < 4.78 is 4.88. The third-order valence-corrected chi connectivity index (χ3v) is 2.25. The van der Waals surface area contributed by atoms with E-state index in [1.807, 2.05) is 13.8 Å². The standard InChI is InChI=1S/C11H17NO3/c1-5-15-11(14)9-8(4)10(13)12(9)6-7(2)3/h7,9H,4-6H2,1-3H3. The topological polar surface area (TPSA) is 46.6 Å². The van der Waals surface area contributed by atoms with Gasteiger partial charge < -0.3 is 9.64 Å². The third kappa shape index (κ3) is 2.19. The number of carbonyl (C=O) groups excluding carboxylic acids is 2. The van der Waals surface area contributed by atoms with Gasteiger partial charge >= 0.3 is 5.97 Å². The van der Waals surface area contributed by atoms with Crippen LogP contribution >= 0.6 is 0 Å². The van der Waals surface area contributed by atoms with Crippen LogP contribution in [0.3, 0.4) is 0 Å². The Hall–Kier alpha value is -1.32. The molecule has 0 bridgehead atoms. The van der Waals surface area contributed by atoms with Crippen molar-refractivity contribution >= 4 is 11.9 Å². The van der Waals surface area contributed by atoms with Crippen molar-refractivity contribution in [2.75, 3.05) is 13.2 Å². The molecule has 1 aliphatic rings. The maximum Gasteiger partial charge on any atom is 0.333 e. The fourth-order valence-electron chi connectivity index (χ4n) is 1.61. The van der Waals surface area contributed by atoms with Crippen LogP contribution in [0.15, 0.2) is 12.2 Å². The molecule has 1 fully saturated rings. The molecule has 0 N–H and O–H groups in total. The molecule has 0 aromatic heterocycles. The molecule has 1 amide bonds. The second-order valence-corrected chi connectivity index (χ2v) is 4.03. The minimum absolute atomic E-state index is 0.137. The van der Waals surface area contributed by atoms with Crippen LogP contribution in [-0.2, 0) is 14.3 Å². The number of esters is 1. The summed E-state index contributed by atoms with van der Waals surface area (Å²) in [6.45, 7) is 10.2. The molecule has 0 saturated carbocycles. The lowest BCUT2D eigenvalue weighted by atomic mass is 9.94. The minimum atomic E-state index is -0.556. The van der Waals surface area contributed by atoms with Gasteiger partial charge in [-0.2, -0.15) is 0 Å². The van der Waals surface area contributed by atoms with E-state index in [1.54, 1.807) is 6.92 Å². The number of β-lactam (4-membered cyclic amide) rings is 1. The summed E-state index contributed by atoms with van der Waals surface area (Å²) >= 11 is 0. The van der Waals surface area contributed by atoms with Crippen molar-refractivity contribution in [1.82, 2.24) is 4.90 Å². The lowest BCUT2D eigenvalue weighted by molar-refractivity contribution is -0.159. The number of rotatable bonds is 4. The summed E-state index contributed by atoms with van der Waals surface area (Å²) in [5.41, 5.74) is 0.342. The highest BCUT2D eigenvalue weighted by atomic mass is 16.5. The van der Waals surface area contributed by atoms with Gasteiger partial charge in [-0.1, -0.05) is 20.4 Å². The summed E-state index contributed by atoms with van der Waals surface area (Å²) in [5, 5.41) is 0. The summed E-state index contributed by atoms with van der Waals surface area (Å²) in [7, 11) is 0. The van der Waals surface area contributed by atoms with Crippen molar-refractivity contribution < 1.29 is 14.3 Å². The van der Waals surface area contributed by atoms with Crippen molar-refractivity contribution in [3.8, 4) is 0 Å². The van der Waals surface area contributed by atoms with Crippen molar-refractivity contribution in [2.24, 2.45) is 5.92 Å². The highest BCUT2D eigenvalue weighted by molar-refractivity contribution is 6.09. The second-order valence-electron chi connectivity index (χ2n) is 4.03. The second kappa shape index (κ2) is 4.47. The van der Waals surface area contributed by atoms with E-state index in [2.05, 4.69) is 6.58 Å². The zero-order valence-electron chi connectivity index (χ0n) is 9.45. The SMILES string of the molecule is C=C1C(=O)N(CC(C)C)C1C(=O)OCC. The average Bonchev–Trinajstić information content (AvgIpc) is 2.16. The molecule has 0 radical (unpaired) electrons. The number of amides is 1. The first-order valence-electron chi connectivity index (χ1n) is 5.15. The van der Waals surface area contributed by atoms with E-state index in [0.717, 1.165) is 0 Å². The summed E-state index contributed by atoms with van der Waals surface area (Å²) in [6.07, 6.45) is 0. The number of hydrogen-bond acceptors (Lipinski definition) is 3. The average molecular weight is 211 g/mol. The number of carbonyl (C=O) groups is 2. The van der Waals surface area contributed by atoms with Gasteiger partial charge in [0.05, 0.1) is 6.61 Å². The summed E-state index contributed by atoms with van der Waals surface area (Å²) in [5.74, 6) is -0.177. The van der Waals surface area contributed by atoms with Crippen molar-refractivity contribution in [3.05, 3.63) is 12.2 Å². The smallest absolute Gasteiger partial charge is 0.333 e. The van der Waals surface area contributed by atoms with Gasteiger partial charge in [0.25, 0.3) is 5.91 Å². The number of nitrogens with zero attached hydrogens (tertiary/aromatic N) is 1. The summed E-state index contributed by atoms with van der Waals surface area (Å²) in [6, 6.07) is -0.556. The molecule has 1 atom stereocenters. The highest BCUT2D eigenvalue weighted by Crippen LogP contribution is 2.26. The molecule has 1 unspecified atom stereocenters. The molecular formula is C11H17NO3. The fraction of sp³-hybridized carbons (Fsp3) is 0.636. The van der Waals surface area contributed by atoms with Crippen LogP contribution in [0.4, 0.5) is 0 Å². The number of ether oxygens (including phenoxy) is 1. The molecule has 1 aliphatic heterocycles. The van der Waals surface area contributed by atoms with Crippen LogP contribution in [-0.4, -0.2) is 36.0 Å². The van der Waals surface area contributed by atoms with E-state index in [4.69, 9.17) is 4.74 Å². The number of likely N-dealkylation sites (tertiary alicyclic amines) is 1. The summed E-state index contributed by atoms with van der Waals surface area (Å²) in [4.78, 5) is 24.4. The quantitative estimate of drug-likeness (QED) is 0.395. The maximum atomic E-state index is 11.5. The van der Waals surface area contributed by atoms with E-state index in [0.29, 0.717) is 24.6 Å². The van der Waals surface area contributed by atoms with E-state index >= 15 is 0 Å². The van der Waals surface area contributed by atoms with E-state index in [1.165, 1.54) is 4.90 Å². The Morgan fingerprint density at radius 1 is 1.60 bits per heavy atom. The van der Waals surface area contributed by atoms with Crippen molar-refractivity contribution in [1.29, 1.82) is 0 Å². The van der Waals surface area contributed by atoms with Crippen LogP contribution in [0, 0.1) is 5.92 Å². The van der Waals surface area contributed by atoms with Gasteiger partial charge in [0.15, 0.2) is 6.04 Å². The molecule has 0 aromatic rings. The monoisotopic (exact) mass is 211 g/mol. The Balaban J connectivity index is 2.66. The molecule has 4 nitrogen and oxygen atoms in total. The molecule has 0 aromatic carbocycles. The van der Waals surface area contributed by atoms with Crippen LogP contribution in [0.1, 0.15) is 20.8 Å². The normalized spacial score (nSPS) is 20.5. The van der Waals surface area contributed by atoms with E-state index in [9.17, 15) is 9.59 Å². The predicted molar refractivity (Wildman–Crippen MR) is 56.1 cm³/mol. The van der Waals surface area contributed by atoms with Crippen LogP contribution < -0.4 is 0 Å². The first-order chi connectivity index (χ1) is 6.99. The van der Waals surface area contributed by atoms with Crippen LogP contribution in [0.2, 0.25) is 0 Å². The first-order valence-corrected chi connectivity index (χ1v) is 5.15. The van der Waals surface area contributed by atoms with E-state index in [-0.39, 0.29) is 11.9 Å². The molecular weight excluding hydrogens is 194 g/mol. The van der Waals surface area contributed by atoms with Crippen LogP contribution in [0.5, 0.6) is 0 Å². The molecule has 4 heteroatoms. The molecule has 1 heterocycles. The van der Waals surface area contributed by atoms with Gasteiger partial charge in [-0.05, 0) is 12.8 Å². The minimum Gasteiger partial charge on any atom is -0.464 e. The zero-order chi connectivity index (χ0) is 11.6. The van der Waals surface area contributed by atoms with Gasteiger partial charge in [0, 0.05) is 12.1 Å². The van der Waals surface area contributed by atoms with E-state index < -0.39 is 6.04 Å². The van der Waals surface area contributed by atoms with Gasteiger partial charge in [-0.25, -0.2) is 4.79 Å².